The maximum absolute atomic E-state index is 13.1. The minimum absolute atomic E-state index is 0.0000917. The molecule has 1 unspecified atom stereocenters. The zero-order chi connectivity index (χ0) is 25.0. The van der Waals surface area contributed by atoms with Crippen LogP contribution < -0.4 is 18.9 Å². The van der Waals surface area contributed by atoms with Crippen molar-refractivity contribution in [3.05, 3.63) is 36.4 Å². The summed E-state index contributed by atoms with van der Waals surface area (Å²) in [6.45, 7) is 1.54. The molecule has 0 saturated heterocycles. The molecule has 0 aliphatic heterocycles. The highest BCUT2D eigenvalue weighted by molar-refractivity contribution is 7.89. The van der Waals surface area contributed by atoms with E-state index in [1.807, 2.05) is 0 Å². The van der Waals surface area contributed by atoms with Crippen molar-refractivity contribution in [2.24, 2.45) is 0 Å². The Morgan fingerprint density at radius 2 is 1.09 bits per heavy atom. The fraction of sp³-hybridized carbons (Fsp3) is 0.429. The SMILES string of the molecule is COc1ccc(S(=O)(=O)N(C)CC(C)N(C)S(=O)(=O)c2ccc(OC)c(OC)c2)cc1OC. The zero-order valence-electron chi connectivity index (χ0n) is 19.7. The summed E-state index contributed by atoms with van der Waals surface area (Å²) < 4.78 is 75.3. The van der Waals surface area contributed by atoms with Crippen LogP contribution in [0.4, 0.5) is 0 Å². The lowest BCUT2D eigenvalue weighted by molar-refractivity contribution is 0.327. The largest absolute Gasteiger partial charge is 0.493 e. The Morgan fingerprint density at radius 1 is 0.697 bits per heavy atom. The van der Waals surface area contributed by atoms with Crippen molar-refractivity contribution in [3.63, 3.8) is 0 Å². The Morgan fingerprint density at radius 3 is 1.48 bits per heavy atom. The molecule has 10 nitrogen and oxygen atoms in total. The normalized spacial score (nSPS) is 13.1. The van der Waals surface area contributed by atoms with Gasteiger partial charge in [-0.2, -0.15) is 8.61 Å². The van der Waals surface area contributed by atoms with E-state index in [1.165, 1.54) is 78.9 Å². The molecule has 0 amide bonds. The van der Waals surface area contributed by atoms with Crippen LogP contribution in [-0.4, -0.2) is 80.6 Å². The molecule has 33 heavy (non-hydrogen) atoms. The molecule has 1 atom stereocenters. The zero-order valence-corrected chi connectivity index (χ0v) is 21.4. The van der Waals surface area contributed by atoms with Crippen LogP contribution in [0.25, 0.3) is 0 Å². The van der Waals surface area contributed by atoms with Gasteiger partial charge in [-0.25, -0.2) is 16.8 Å². The highest BCUT2D eigenvalue weighted by atomic mass is 32.2. The van der Waals surface area contributed by atoms with Crippen LogP contribution in [0.3, 0.4) is 0 Å². The van der Waals surface area contributed by atoms with Gasteiger partial charge in [0, 0.05) is 38.8 Å². The lowest BCUT2D eigenvalue weighted by Gasteiger charge is -2.28. The number of rotatable bonds is 11. The van der Waals surface area contributed by atoms with Crippen LogP contribution in [0.1, 0.15) is 6.92 Å². The van der Waals surface area contributed by atoms with Crippen molar-refractivity contribution in [1.82, 2.24) is 8.61 Å². The molecule has 0 aliphatic rings. The highest BCUT2D eigenvalue weighted by Gasteiger charge is 2.30. The van der Waals surface area contributed by atoms with Crippen LogP contribution in [0, 0.1) is 0 Å². The molecule has 0 radical (unpaired) electrons. The first kappa shape index (κ1) is 26.7. The molecule has 2 rings (SSSR count). The van der Waals surface area contributed by atoms with Crippen molar-refractivity contribution >= 4 is 20.0 Å². The number of benzene rings is 2. The summed E-state index contributed by atoms with van der Waals surface area (Å²) in [6, 6.07) is 7.85. The number of hydrogen-bond acceptors (Lipinski definition) is 8. The first-order valence-electron chi connectivity index (χ1n) is 9.82. The molecule has 2 aromatic carbocycles. The summed E-state index contributed by atoms with van der Waals surface area (Å²) in [7, 11) is 0.666. The minimum Gasteiger partial charge on any atom is -0.493 e. The van der Waals surface area contributed by atoms with Gasteiger partial charge in [-0.1, -0.05) is 0 Å². The maximum Gasteiger partial charge on any atom is 0.243 e. The fourth-order valence-electron chi connectivity index (χ4n) is 3.12. The van der Waals surface area contributed by atoms with Crippen LogP contribution in [-0.2, 0) is 20.0 Å². The van der Waals surface area contributed by atoms with E-state index in [-0.39, 0.29) is 27.8 Å². The second-order valence-electron chi connectivity index (χ2n) is 7.19. The Kier molecular flexibility index (Phi) is 8.57. The topological polar surface area (TPSA) is 112 Å². The van der Waals surface area contributed by atoms with Crippen LogP contribution >= 0.6 is 0 Å². The predicted octanol–water partition coefficient (Wildman–Crippen LogP) is 2.05. The molecule has 0 saturated carbocycles. The van der Waals surface area contributed by atoms with E-state index in [9.17, 15) is 16.8 Å². The Labute approximate surface area is 195 Å². The van der Waals surface area contributed by atoms with Crippen molar-refractivity contribution in [2.75, 3.05) is 49.1 Å². The lowest BCUT2D eigenvalue weighted by atomic mass is 10.3. The summed E-state index contributed by atoms with van der Waals surface area (Å²) in [6.07, 6.45) is 0. The van der Waals surface area contributed by atoms with E-state index in [4.69, 9.17) is 18.9 Å². The van der Waals surface area contributed by atoms with E-state index in [0.29, 0.717) is 11.5 Å². The van der Waals surface area contributed by atoms with Gasteiger partial charge in [0.1, 0.15) is 0 Å². The molecule has 0 heterocycles. The third-order valence-corrected chi connectivity index (χ3v) is 9.02. The summed E-state index contributed by atoms with van der Waals surface area (Å²) >= 11 is 0. The summed E-state index contributed by atoms with van der Waals surface area (Å²) in [5.74, 6) is 1.34. The van der Waals surface area contributed by atoms with Gasteiger partial charge < -0.3 is 18.9 Å². The van der Waals surface area contributed by atoms with E-state index < -0.39 is 26.1 Å². The van der Waals surface area contributed by atoms with Gasteiger partial charge in [-0.05, 0) is 31.2 Å². The molecular formula is C21H30N2O8S2. The van der Waals surface area contributed by atoms with E-state index in [1.54, 1.807) is 6.92 Å². The van der Waals surface area contributed by atoms with Gasteiger partial charge >= 0.3 is 0 Å². The van der Waals surface area contributed by atoms with E-state index in [2.05, 4.69) is 0 Å². The number of methoxy groups -OCH3 is 4. The van der Waals surface area contributed by atoms with Gasteiger partial charge in [0.25, 0.3) is 0 Å². The van der Waals surface area contributed by atoms with E-state index >= 15 is 0 Å². The average molecular weight is 503 g/mol. The minimum atomic E-state index is -3.93. The molecule has 0 aliphatic carbocycles. The maximum atomic E-state index is 13.1. The highest BCUT2D eigenvalue weighted by Crippen LogP contribution is 2.32. The van der Waals surface area contributed by atoms with Gasteiger partial charge in [0.05, 0.1) is 38.2 Å². The molecule has 0 spiro atoms. The van der Waals surface area contributed by atoms with E-state index in [0.717, 1.165) is 8.61 Å². The molecule has 0 fully saturated rings. The second-order valence-corrected chi connectivity index (χ2v) is 11.2. The Hall–Kier alpha value is -2.54. The monoisotopic (exact) mass is 502 g/mol. The molecular weight excluding hydrogens is 472 g/mol. The molecule has 2 aromatic rings. The lowest BCUT2D eigenvalue weighted by Crippen LogP contribution is -2.43. The number of hydrogen-bond donors (Lipinski definition) is 0. The molecule has 184 valence electrons. The van der Waals surface area contributed by atoms with Crippen molar-refractivity contribution < 1.29 is 35.8 Å². The Balaban J connectivity index is 2.26. The molecule has 0 N–H and O–H groups in total. The number of likely N-dealkylation sites (N-methyl/N-ethyl adjacent to an activating group) is 2. The number of ether oxygens (including phenoxy) is 4. The van der Waals surface area contributed by atoms with Gasteiger partial charge in [0.2, 0.25) is 20.0 Å². The average Bonchev–Trinajstić information content (AvgIpc) is 2.82. The molecule has 12 heteroatoms. The third kappa shape index (κ3) is 5.52. The first-order chi connectivity index (χ1) is 15.4. The first-order valence-corrected chi connectivity index (χ1v) is 12.7. The van der Waals surface area contributed by atoms with Gasteiger partial charge in [-0.3, -0.25) is 0 Å². The third-order valence-electron chi connectivity index (χ3n) is 5.24. The quantitative estimate of drug-likeness (QED) is 0.459. The molecule has 0 aromatic heterocycles. The van der Waals surface area contributed by atoms with Crippen LogP contribution in [0.2, 0.25) is 0 Å². The van der Waals surface area contributed by atoms with Crippen molar-refractivity contribution in [2.45, 2.75) is 22.8 Å². The Bertz CT molecular complexity index is 1180. The van der Waals surface area contributed by atoms with Crippen LogP contribution in [0.15, 0.2) is 46.2 Å². The summed E-state index contributed by atoms with van der Waals surface area (Å²) in [5, 5.41) is 0. The summed E-state index contributed by atoms with van der Waals surface area (Å²) in [4.78, 5) is 0.000141. The van der Waals surface area contributed by atoms with Gasteiger partial charge in [-0.15, -0.1) is 0 Å². The standard InChI is InChI=1S/C21H30N2O8S2/c1-15(23(3)33(26,27)17-9-11-19(29-5)21(13-17)31-7)14-22(2)32(24,25)16-8-10-18(28-4)20(12-16)30-6/h8-13,15H,14H2,1-7H3. The molecule has 0 bridgehead atoms. The smallest absolute Gasteiger partial charge is 0.243 e. The fourth-order valence-corrected chi connectivity index (χ4v) is 5.76. The van der Waals surface area contributed by atoms with Crippen molar-refractivity contribution in [1.29, 1.82) is 0 Å². The van der Waals surface area contributed by atoms with Gasteiger partial charge in [0.15, 0.2) is 23.0 Å². The second kappa shape index (κ2) is 10.6. The van der Waals surface area contributed by atoms with Crippen molar-refractivity contribution in [3.8, 4) is 23.0 Å². The summed E-state index contributed by atoms with van der Waals surface area (Å²) in [5.41, 5.74) is 0. The van der Waals surface area contributed by atoms with Crippen LogP contribution in [0.5, 0.6) is 23.0 Å². The number of sulfonamides is 2. The predicted molar refractivity (Wildman–Crippen MR) is 123 cm³/mol. The number of nitrogens with zero attached hydrogens (tertiary/aromatic N) is 2.